The lowest BCUT2D eigenvalue weighted by atomic mass is 10.2. The van der Waals surface area contributed by atoms with E-state index in [1.54, 1.807) is 12.5 Å². The van der Waals surface area contributed by atoms with Crippen LogP contribution < -0.4 is 11.1 Å². The average molecular weight is 353 g/mol. The molecule has 0 amide bonds. The van der Waals surface area contributed by atoms with Gasteiger partial charge in [0, 0.05) is 23.0 Å². The number of nitrogens with one attached hydrogen (secondary N) is 1. The first-order chi connectivity index (χ1) is 13.3. The zero-order chi connectivity index (χ0) is 18.2. The zero-order valence-electron chi connectivity index (χ0n) is 14.2. The average Bonchev–Trinajstić information content (AvgIpc) is 3.13. The molecule has 7 nitrogen and oxygen atoms in total. The molecule has 0 saturated carbocycles. The van der Waals surface area contributed by atoms with Gasteiger partial charge in [-0.25, -0.2) is 4.98 Å². The van der Waals surface area contributed by atoms with Gasteiger partial charge in [-0.05, 0) is 36.4 Å². The molecule has 0 radical (unpaired) electrons. The number of para-hydroxylation sites is 1. The summed E-state index contributed by atoms with van der Waals surface area (Å²) in [5.41, 5.74) is 10.1. The maximum atomic E-state index is 6.12. The Bertz CT molecular complexity index is 1260. The first kappa shape index (κ1) is 15.3. The quantitative estimate of drug-likeness (QED) is 0.514. The number of nitrogens with zero attached hydrogens (tertiary/aromatic N) is 5. The first-order valence-electron chi connectivity index (χ1n) is 8.46. The largest absolute Gasteiger partial charge is 0.382 e. The Morgan fingerprint density at radius 1 is 0.889 bits per heavy atom. The molecule has 5 aromatic rings. The van der Waals surface area contributed by atoms with Crippen LogP contribution in [0.2, 0.25) is 0 Å². The van der Waals surface area contributed by atoms with Gasteiger partial charge in [0.2, 0.25) is 5.95 Å². The SMILES string of the molecule is Nc1nc(Nc2ccc3ncccc3c2)nc2c1ncn2-c1ccccc1. The summed E-state index contributed by atoms with van der Waals surface area (Å²) in [6, 6.07) is 19.7. The van der Waals surface area contributed by atoms with E-state index in [1.165, 1.54) is 0 Å². The standard InChI is InChI=1S/C20H15N7/c21-18-17-19(27(12-23-17)15-6-2-1-3-7-15)26-20(25-18)24-14-8-9-16-13(11-14)5-4-10-22-16/h1-12H,(H3,21,24,25,26). The monoisotopic (exact) mass is 353 g/mol. The van der Waals surface area contributed by atoms with Gasteiger partial charge in [-0.2, -0.15) is 9.97 Å². The third-order valence-corrected chi connectivity index (χ3v) is 4.32. The minimum atomic E-state index is 0.333. The Morgan fingerprint density at radius 2 is 1.78 bits per heavy atom. The van der Waals surface area contributed by atoms with Crippen LogP contribution in [0, 0.1) is 0 Å². The number of imidazole rings is 1. The van der Waals surface area contributed by atoms with E-state index < -0.39 is 0 Å². The molecule has 0 unspecified atom stereocenters. The smallest absolute Gasteiger partial charge is 0.231 e. The number of rotatable bonds is 3. The van der Waals surface area contributed by atoms with Crippen molar-refractivity contribution in [3.05, 3.63) is 73.2 Å². The van der Waals surface area contributed by atoms with E-state index >= 15 is 0 Å². The van der Waals surface area contributed by atoms with Crippen LogP contribution in [0.25, 0.3) is 27.8 Å². The lowest BCUT2D eigenvalue weighted by Gasteiger charge is -2.08. The molecule has 0 fully saturated rings. The fraction of sp³-hybridized carbons (Fsp3) is 0. The van der Waals surface area contributed by atoms with Crippen LogP contribution in [0.3, 0.4) is 0 Å². The molecule has 0 atom stereocenters. The summed E-state index contributed by atoms with van der Waals surface area (Å²) in [5, 5.41) is 4.26. The van der Waals surface area contributed by atoms with Crippen molar-refractivity contribution < 1.29 is 0 Å². The van der Waals surface area contributed by atoms with Gasteiger partial charge >= 0.3 is 0 Å². The highest BCUT2D eigenvalue weighted by Gasteiger charge is 2.12. The Balaban J connectivity index is 1.58. The van der Waals surface area contributed by atoms with Crippen molar-refractivity contribution in [2.75, 3.05) is 11.1 Å². The molecular weight excluding hydrogens is 338 g/mol. The van der Waals surface area contributed by atoms with Crippen LogP contribution in [0.4, 0.5) is 17.5 Å². The van der Waals surface area contributed by atoms with Crippen molar-refractivity contribution >= 4 is 39.5 Å². The number of hydrogen-bond acceptors (Lipinski definition) is 6. The second kappa shape index (κ2) is 6.06. The highest BCUT2D eigenvalue weighted by Crippen LogP contribution is 2.24. The predicted molar refractivity (Wildman–Crippen MR) is 106 cm³/mol. The van der Waals surface area contributed by atoms with E-state index in [0.717, 1.165) is 22.3 Å². The molecule has 0 saturated heterocycles. The molecule has 0 spiro atoms. The minimum Gasteiger partial charge on any atom is -0.382 e. The van der Waals surface area contributed by atoms with Crippen molar-refractivity contribution in [2.45, 2.75) is 0 Å². The van der Waals surface area contributed by atoms with E-state index in [-0.39, 0.29) is 0 Å². The number of aromatic nitrogens is 5. The van der Waals surface area contributed by atoms with Gasteiger partial charge in [0.25, 0.3) is 0 Å². The third-order valence-electron chi connectivity index (χ3n) is 4.32. The van der Waals surface area contributed by atoms with Crippen LogP contribution in [-0.4, -0.2) is 24.5 Å². The number of benzene rings is 2. The Morgan fingerprint density at radius 3 is 2.67 bits per heavy atom. The fourth-order valence-corrected chi connectivity index (χ4v) is 3.04. The molecule has 0 aliphatic carbocycles. The van der Waals surface area contributed by atoms with Crippen LogP contribution in [0.15, 0.2) is 73.2 Å². The highest BCUT2D eigenvalue weighted by atomic mass is 15.2. The summed E-state index contributed by atoms with van der Waals surface area (Å²) in [6.07, 6.45) is 3.48. The van der Waals surface area contributed by atoms with Crippen LogP contribution >= 0.6 is 0 Å². The van der Waals surface area contributed by atoms with Crippen molar-refractivity contribution in [2.24, 2.45) is 0 Å². The minimum absolute atomic E-state index is 0.333. The van der Waals surface area contributed by atoms with Crippen LogP contribution in [0.5, 0.6) is 0 Å². The van der Waals surface area contributed by atoms with Crippen LogP contribution in [0.1, 0.15) is 0 Å². The lowest BCUT2D eigenvalue weighted by Crippen LogP contribution is -2.03. The van der Waals surface area contributed by atoms with Gasteiger partial charge in [-0.15, -0.1) is 0 Å². The van der Waals surface area contributed by atoms with Crippen molar-refractivity contribution in [3.63, 3.8) is 0 Å². The number of nitrogen functional groups attached to an aromatic ring is 1. The lowest BCUT2D eigenvalue weighted by molar-refractivity contribution is 1.06. The van der Waals surface area contributed by atoms with E-state index in [9.17, 15) is 0 Å². The molecule has 2 aromatic carbocycles. The predicted octanol–water partition coefficient (Wildman–Crippen LogP) is 3.69. The van der Waals surface area contributed by atoms with Gasteiger partial charge in [-0.1, -0.05) is 24.3 Å². The van der Waals surface area contributed by atoms with Gasteiger partial charge in [0.05, 0.1) is 5.52 Å². The van der Waals surface area contributed by atoms with Crippen molar-refractivity contribution in [1.29, 1.82) is 0 Å². The molecule has 0 bridgehead atoms. The molecule has 3 heterocycles. The van der Waals surface area contributed by atoms with Gasteiger partial charge in [0.1, 0.15) is 6.33 Å². The summed E-state index contributed by atoms with van der Waals surface area (Å²) in [4.78, 5) is 17.7. The normalized spacial score (nSPS) is 11.1. The van der Waals surface area contributed by atoms with E-state index in [0.29, 0.717) is 22.9 Å². The summed E-state index contributed by atoms with van der Waals surface area (Å²) in [5.74, 6) is 0.751. The second-order valence-corrected chi connectivity index (χ2v) is 6.09. The van der Waals surface area contributed by atoms with Gasteiger partial charge in [-0.3, -0.25) is 9.55 Å². The molecule has 5 rings (SSSR count). The van der Waals surface area contributed by atoms with E-state index in [4.69, 9.17) is 5.73 Å². The van der Waals surface area contributed by atoms with Crippen molar-refractivity contribution in [3.8, 4) is 5.69 Å². The fourth-order valence-electron chi connectivity index (χ4n) is 3.04. The molecular formula is C20H15N7. The van der Waals surface area contributed by atoms with Gasteiger partial charge in [0.15, 0.2) is 17.0 Å². The first-order valence-corrected chi connectivity index (χ1v) is 8.46. The number of nitrogens with two attached hydrogens (primary N) is 1. The summed E-state index contributed by atoms with van der Waals surface area (Å²) in [6.45, 7) is 0. The molecule has 27 heavy (non-hydrogen) atoms. The van der Waals surface area contributed by atoms with E-state index in [1.807, 2.05) is 65.2 Å². The number of anilines is 3. The molecule has 3 N–H and O–H groups in total. The topological polar surface area (TPSA) is 94.5 Å². The maximum Gasteiger partial charge on any atom is 0.231 e. The number of pyridine rings is 1. The number of fused-ring (bicyclic) bond motifs is 2. The Labute approximate surface area is 154 Å². The number of hydrogen-bond donors (Lipinski definition) is 2. The third kappa shape index (κ3) is 2.71. The molecule has 3 aromatic heterocycles. The zero-order valence-corrected chi connectivity index (χ0v) is 14.2. The van der Waals surface area contributed by atoms with Crippen molar-refractivity contribution in [1.82, 2.24) is 24.5 Å². The van der Waals surface area contributed by atoms with Gasteiger partial charge < -0.3 is 11.1 Å². The van der Waals surface area contributed by atoms with Crippen LogP contribution in [-0.2, 0) is 0 Å². The molecule has 0 aliphatic heterocycles. The maximum absolute atomic E-state index is 6.12. The highest BCUT2D eigenvalue weighted by molar-refractivity contribution is 5.86. The second-order valence-electron chi connectivity index (χ2n) is 6.09. The molecule has 0 aliphatic rings. The van der Waals surface area contributed by atoms with E-state index in [2.05, 4.69) is 25.3 Å². The molecule has 7 heteroatoms. The Kier molecular flexibility index (Phi) is 3.43. The summed E-state index contributed by atoms with van der Waals surface area (Å²) in [7, 11) is 0. The summed E-state index contributed by atoms with van der Waals surface area (Å²) >= 11 is 0. The summed E-state index contributed by atoms with van der Waals surface area (Å²) < 4.78 is 1.89. The Hall–Kier alpha value is -4.00. The molecule has 130 valence electrons.